The standard InChI is InChI=1S/C26H34N5O7PS/c1-15(2)12-36-25(34)16(3)30-39(35,38-20-11-7-9-18-8-5-6-10-19(18)20)37-13-21-22(32)23(33)24(40-21)31-14-28-26(27)29-17(31)4/h5-11,14-16,21-24,32-33H,4,12-13H2,1-3H3,(H2,27,29)(H,30,35)/t16-,21+,22-,23?,24+,39?/m0/s1. The van der Waals surface area contributed by atoms with Crippen LogP contribution in [0.5, 0.6) is 5.75 Å². The van der Waals surface area contributed by atoms with E-state index in [4.69, 9.17) is 19.5 Å². The Hall–Kier alpha value is -2.93. The second kappa shape index (κ2) is 12.7. The van der Waals surface area contributed by atoms with Crippen molar-refractivity contribution in [3.05, 3.63) is 54.9 Å². The minimum absolute atomic E-state index is 0.0257. The maximum atomic E-state index is 14.1. The number of nitrogens with one attached hydrogen (secondary N) is 1. The molecule has 0 spiro atoms. The summed E-state index contributed by atoms with van der Waals surface area (Å²) >= 11 is 1.17. The molecular formula is C26H34N5O7PS. The quantitative estimate of drug-likeness (QED) is 0.224. The number of benzene rings is 2. The fraction of sp³-hybridized carbons (Fsp3) is 0.423. The van der Waals surface area contributed by atoms with Gasteiger partial charge in [-0.05, 0) is 24.3 Å². The number of nitrogens with two attached hydrogens (primary N) is 1. The third-order valence-corrected chi connectivity index (χ3v) is 9.29. The zero-order chi connectivity index (χ0) is 29.0. The summed E-state index contributed by atoms with van der Waals surface area (Å²) in [7, 11) is -4.23. The van der Waals surface area contributed by atoms with Crippen LogP contribution in [0.4, 0.5) is 0 Å². The van der Waals surface area contributed by atoms with Gasteiger partial charge in [-0.25, -0.2) is 9.56 Å². The van der Waals surface area contributed by atoms with E-state index in [1.54, 1.807) is 12.1 Å². The number of hydrogen-bond acceptors (Lipinski definition) is 12. The molecule has 5 N–H and O–H groups in total. The highest BCUT2D eigenvalue weighted by atomic mass is 32.2. The summed E-state index contributed by atoms with van der Waals surface area (Å²) in [4.78, 5) is 22.0. The molecule has 2 aliphatic rings. The summed E-state index contributed by atoms with van der Waals surface area (Å²) in [6.45, 7) is 9.04. The highest BCUT2D eigenvalue weighted by Gasteiger charge is 2.47. The summed E-state index contributed by atoms with van der Waals surface area (Å²) in [5, 5.41) is 24.3. The number of thioether (sulfide) groups is 1. The Morgan fingerprint density at radius 2 is 1.93 bits per heavy atom. The fourth-order valence-electron chi connectivity index (χ4n) is 4.05. The molecule has 2 aromatic rings. The van der Waals surface area contributed by atoms with E-state index in [-0.39, 0.29) is 36.7 Å². The number of aliphatic hydroxyl groups excluding tert-OH is 2. The van der Waals surface area contributed by atoms with E-state index in [1.165, 1.54) is 29.9 Å². The van der Waals surface area contributed by atoms with E-state index in [9.17, 15) is 19.6 Å². The first-order valence-corrected chi connectivity index (χ1v) is 15.2. The minimum atomic E-state index is -4.23. The van der Waals surface area contributed by atoms with Crippen molar-refractivity contribution in [1.82, 2.24) is 9.99 Å². The molecule has 0 aliphatic carbocycles. The Balaban J connectivity index is 1.52. The molecule has 4 rings (SSSR count). The lowest BCUT2D eigenvalue weighted by atomic mass is 10.1. The van der Waals surface area contributed by atoms with Crippen LogP contribution in [0, 0.1) is 5.92 Å². The lowest BCUT2D eigenvalue weighted by Crippen LogP contribution is -2.43. The van der Waals surface area contributed by atoms with Crippen LogP contribution in [0.15, 0.2) is 64.8 Å². The van der Waals surface area contributed by atoms with Gasteiger partial charge in [0.1, 0.15) is 35.4 Å². The zero-order valence-corrected chi connectivity index (χ0v) is 24.1. The molecule has 0 saturated carbocycles. The molecule has 1 saturated heterocycles. The number of aliphatic hydroxyl groups is 2. The van der Waals surface area contributed by atoms with Crippen LogP contribution >= 0.6 is 19.5 Å². The van der Waals surface area contributed by atoms with Gasteiger partial charge in [0.25, 0.3) is 0 Å². The third kappa shape index (κ3) is 7.03. The first-order chi connectivity index (χ1) is 19.0. The average molecular weight is 592 g/mol. The van der Waals surface area contributed by atoms with Crippen LogP contribution in [0.25, 0.3) is 10.8 Å². The maximum Gasteiger partial charge on any atom is 0.459 e. The molecule has 2 heterocycles. The Morgan fingerprint density at radius 3 is 2.65 bits per heavy atom. The number of guanidine groups is 1. The Kier molecular flexibility index (Phi) is 9.55. The predicted molar refractivity (Wildman–Crippen MR) is 155 cm³/mol. The van der Waals surface area contributed by atoms with Crippen molar-refractivity contribution >= 4 is 48.5 Å². The monoisotopic (exact) mass is 591 g/mol. The predicted octanol–water partition coefficient (Wildman–Crippen LogP) is 2.81. The Morgan fingerprint density at radius 1 is 1.20 bits per heavy atom. The largest absolute Gasteiger partial charge is 0.464 e. The molecule has 2 aliphatic heterocycles. The molecule has 2 aromatic carbocycles. The molecular weight excluding hydrogens is 557 g/mol. The molecule has 40 heavy (non-hydrogen) atoms. The number of hydrogen-bond donors (Lipinski definition) is 4. The number of fused-ring (bicyclic) bond motifs is 1. The molecule has 0 radical (unpaired) electrons. The number of carbonyl (C=O) groups excluding carboxylic acids is 1. The summed E-state index contributed by atoms with van der Waals surface area (Å²) in [6, 6.07) is 11.6. The van der Waals surface area contributed by atoms with Crippen LogP contribution in [0.3, 0.4) is 0 Å². The maximum absolute atomic E-state index is 14.1. The number of aliphatic imine (C=N–C) groups is 2. The summed E-state index contributed by atoms with van der Waals surface area (Å²) in [5.41, 5.74) is 5.60. The van der Waals surface area contributed by atoms with Gasteiger partial charge in [-0.3, -0.25) is 9.32 Å². The smallest absolute Gasteiger partial charge is 0.459 e. The number of ether oxygens (including phenoxy) is 1. The highest BCUT2D eigenvalue weighted by molar-refractivity contribution is 8.00. The van der Waals surface area contributed by atoms with Crippen molar-refractivity contribution in [2.75, 3.05) is 13.2 Å². The first kappa shape index (κ1) is 30.0. The highest BCUT2D eigenvalue weighted by Crippen LogP contribution is 2.48. The van der Waals surface area contributed by atoms with E-state index in [0.717, 1.165) is 5.39 Å². The van der Waals surface area contributed by atoms with Crippen LogP contribution in [-0.2, 0) is 18.6 Å². The number of esters is 1. The zero-order valence-electron chi connectivity index (χ0n) is 22.4. The van der Waals surface area contributed by atoms with Gasteiger partial charge in [-0.1, -0.05) is 56.8 Å². The fourth-order valence-corrected chi connectivity index (χ4v) is 7.14. The first-order valence-electron chi connectivity index (χ1n) is 12.7. The van der Waals surface area contributed by atoms with E-state index in [0.29, 0.717) is 5.39 Å². The van der Waals surface area contributed by atoms with Crippen molar-refractivity contribution in [3.8, 4) is 5.75 Å². The minimum Gasteiger partial charge on any atom is -0.464 e. The van der Waals surface area contributed by atoms with Gasteiger partial charge >= 0.3 is 13.7 Å². The topological polar surface area (TPSA) is 168 Å². The third-order valence-electron chi connectivity index (χ3n) is 6.11. The van der Waals surface area contributed by atoms with Crippen LogP contribution in [0.2, 0.25) is 0 Å². The lowest BCUT2D eigenvalue weighted by Gasteiger charge is -2.29. The van der Waals surface area contributed by atoms with Gasteiger partial charge in [0.05, 0.1) is 24.6 Å². The van der Waals surface area contributed by atoms with E-state index in [2.05, 4.69) is 21.7 Å². The van der Waals surface area contributed by atoms with Crippen LogP contribution in [-0.4, -0.2) is 75.5 Å². The molecule has 12 nitrogen and oxygen atoms in total. The summed E-state index contributed by atoms with van der Waals surface area (Å²) < 4.78 is 31.1. The number of carbonyl (C=O) groups is 1. The molecule has 14 heteroatoms. The van der Waals surface area contributed by atoms with Gasteiger partial charge in [0.15, 0.2) is 0 Å². The van der Waals surface area contributed by atoms with E-state index < -0.39 is 42.6 Å². The molecule has 2 unspecified atom stereocenters. The van der Waals surface area contributed by atoms with Gasteiger partial charge in [0, 0.05) is 5.39 Å². The van der Waals surface area contributed by atoms with Crippen LogP contribution in [0.1, 0.15) is 20.8 Å². The van der Waals surface area contributed by atoms with Crippen molar-refractivity contribution in [2.24, 2.45) is 21.6 Å². The molecule has 0 amide bonds. The van der Waals surface area contributed by atoms with Crippen LogP contribution < -0.4 is 15.3 Å². The van der Waals surface area contributed by atoms with Crippen molar-refractivity contribution in [3.63, 3.8) is 0 Å². The number of rotatable bonds is 11. The van der Waals surface area contributed by atoms with Gasteiger partial charge in [0.2, 0.25) is 5.96 Å². The normalized spacial score (nSPS) is 25.1. The summed E-state index contributed by atoms with van der Waals surface area (Å²) in [5.74, 6) is 0.0589. The molecule has 6 atom stereocenters. The van der Waals surface area contributed by atoms with E-state index in [1.807, 2.05) is 44.2 Å². The average Bonchev–Trinajstić information content (AvgIpc) is 3.19. The molecule has 0 aromatic heterocycles. The van der Waals surface area contributed by atoms with Crippen molar-refractivity contribution in [1.29, 1.82) is 0 Å². The Labute approximate surface area is 236 Å². The van der Waals surface area contributed by atoms with E-state index >= 15 is 0 Å². The van der Waals surface area contributed by atoms with Gasteiger partial charge in [-0.15, -0.1) is 11.8 Å². The molecule has 0 bridgehead atoms. The second-order valence-electron chi connectivity index (χ2n) is 9.82. The molecule has 1 fully saturated rings. The van der Waals surface area contributed by atoms with Crippen molar-refractivity contribution in [2.45, 2.75) is 49.6 Å². The van der Waals surface area contributed by atoms with Crippen molar-refractivity contribution < 1.29 is 33.4 Å². The van der Waals surface area contributed by atoms with Gasteiger partial charge in [-0.2, -0.15) is 10.1 Å². The SMILES string of the molecule is C=C1N=C(N)N=CN1[C@@H]1S[C@H](COP(=O)(N[C@@H](C)C(=O)OCC(C)C)Oc2cccc3ccccc23)[C@H](O)C1O. The van der Waals surface area contributed by atoms with Gasteiger partial charge < -0.3 is 30.1 Å². The summed E-state index contributed by atoms with van der Waals surface area (Å²) in [6.07, 6.45) is -1.10. The number of nitrogens with zero attached hydrogens (tertiary/aromatic N) is 3. The molecule has 216 valence electrons. The second-order valence-corrected chi connectivity index (χ2v) is 12.9. The lowest BCUT2D eigenvalue weighted by molar-refractivity contribution is -0.146. The Bertz CT molecular complexity index is 1350.